The lowest BCUT2D eigenvalue weighted by atomic mass is 10.2. The molecule has 0 unspecified atom stereocenters. The van der Waals surface area contributed by atoms with Crippen LogP contribution in [0.4, 0.5) is 5.69 Å². The third-order valence-corrected chi connectivity index (χ3v) is 3.87. The monoisotopic (exact) mass is 347 g/mol. The van der Waals surface area contributed by atoms with Gasteiger partial charge in [-0.3, -0.25) is 4.99 Å². The van der Waals surface area contributed by atoms with Crippen LogP contribution in [0.2, 0.25) is 0 Å². The van der Waals surface area contributed by atoms with Gasteiger partial charge in [-0.2, -0.15) is 5.10 Å². The third-order valence-electron chi connectivity index (χ3n) is 3.87. The molecule has 2 aromatic carbocycles. The molecule has 3 rings (SSSR count). The number of aliphatic imine (C=N–C) groups is 1. The molecule has 0 atom stereocenters. The Morgan fingerprint density at radius 3 is 2.27 bits per heavy atom. The summed E-state index contributed by atoms with van der Waals surface area (Å²) in [5.41, 5.74) is 3.35. The summed E-state index contributed by atoms with van der Waals surface area (Å²) in [4.78, 5) is 4.42. The summed E-state index contributed by atoms with van der Waals surface area (Å²) in [7, 11) is 0. The molecule has 0 aliphatic rings. The number of nitrogens with zero attached hydrogens (tertiary/aromatic N) is 4. The number of aromatic nitrogens is 2. The van der Waals surface area contributed by atoms with Crippen LogP contribution in [-0.4, -0.2) is 22.1 Å². The van der Waals surface area contributed by atoms with Crippen molar-refractivity contribution < 1.29 is 4.42 Å². The van der Waals surface area contributed by atoms with Gasteiger partial charge in [0.05, 0.1) is 17.6 Å². The lowest BCUT2D eigenvalue weighted by Crippen LogP contribution is -2.03. The highest BCUT2D eigenvalue weighted by atomic mass is 16.4. The van der Waals surface area contributed by atoms with E-state index >= 15 is 0 Å². The normalized spacial score (nSPS) is 12.0. The van der Waals surface area contributed by atoms with Crippen molar-refractivity contribution >= 4 is 17.6 Å². The molecule has 0 bridgehead atoms. The fourth-order valence-corrected chi connectivity index (χ4v) is 2.40. The predicted octanol–water partition coefficient (Wildman–Crippen LogP) is 4.61. The summed E-state index contributed by atoms with van der Waals surface area (Å²) in [5, 5.41) is 12.0. The van der Waals surface area contributed by atoms with Crippen LogP contribution >= 0.6 is 0 Å². The molecule has 0 amide bonds. The second-order valence-electron chi connectivity index (χ2n) is 5.81. The molecule has 1 aromatic heterocycles. The van der Waals surface area contributed by atoms with Crippen LogP contribution in [-0.2, 0) is 0 Å². The molecule has 6 heteroatoms. The summed E-state index contributed by atoms with van der Waals surface area (Å²) in [6.07, 6.45) is 4.68. The number of benzene rings is 2. The zero-order chi connectivity index (χ0) is 18.2. The van der Waals surface area contributed by atoms with Gasteiger partial charge in [0, 0.05) is 11.1 Å². The van der Waals surface area contributed by atoms with Crippen molar-refractivity contribution in [1.29, 1.82) is 0 Å². The first-order valence-electron chi connectivity index (χ1n) is 8.60. The smallest absolute Gasteiger partial charge is 0.248 e. The minimum absolute atomic E-state index is 0.478. The van der Waals surface area contributed by atoms with E-state index in [1.54, 1.807) is 6.21 Å². The number of unbranched alkanes of at least 4 members (excludes halogenated alkanes) is 1. The minimum Gasteiger partial charge on any atom is -0.416 e. The summed E-state index contributed by atoms with van der Waals surface area (Å²) in [6, 6.07) is 17.3. The van der Waals surface area contributed by atoms with Crippen LogP contribution in [0.5, 0.6) is 0 Å². The number of hydrogen-bond donors (Lipinski definition) is 1. The summed E-state index contributed by atoms with van der Waals surface area (Å²) < 4.78 is 5.76. The fourth-order valence-electron chi connectivity index (χ4n) is 2.40. The molecule has 6 nitrogen and oxygen atoms in total. The molecule has 2 N–H and O–H groups in total. The Morgan fingerprint density at radius 1 is 1.00 bits per heavy atom. The molecule has 132 valence electrons. The zero-order valence-corrected chi connectivity index (χ0v) is 14.7. The number of hydrazone groups is 1. The molecule has 0 saturated heterocycles. The van der Waals surface area contributed by atoms with Crippen LogP contribution in [0.1, 0.15) is 26.2 Å². The first-order valence-corrected chi connectivity index (χ1v) is 8.60. The van der Waals surface area contributed by atoms with Crippen LogP contribution in [0.25, 0.3) is 22.9 Å². The van der Waals surface area contributed by atoms with E-state index in [0.717, 1.165) is 41.8 Å². The van der Waals surface area contributed by atoms with Gasteiger partial charge in [0.2, 0.25) is 11.8 Å². The van der Waals surface area contributed by atoms with Crippen molar-refractivity contribution in [2.75, 3.05) is 0 Å². The maximum atomic E-state index is 5.76. The highest BCUT2D eigenvalue weighted by Crippen LogP contribution is 2.25. The van der Waals surface area contributed by atoms with Crippen LogP contribution in [0, 0.1) is 0 Å². The molecule has 26 heavy (non-hydrogen) atoms. The second-order valence-corrected chi connectivity index (χ2v) is 5.81. The van der Waals surface area contributed by atoms with Crippen molar-refractivity contribution in [1.82, 2.24) is 10.2 Å². The second kappa shape index (κ2) is 8.71. The Kier molecular flexibility index (Phi) is 5.88. The maximum Gasteiger partial charge on any atom is 0.248 e. The van der Waals surface area contributed by atoms with Gasteiger partial charge in [-0.1, -0.05) is 31.5 Å². The first-order chi connectivity index (χ1) is 12.8. The van der Waals surface area contributed by atoms with E-state index in [1.807, 2.05) is 54.6 Å². The quantitative estimate of drug-likeness (QED) is 0.384. The molecule has 0 aliphatic carbocycles. The van der Waals surface area contributed by atoms with Crippen molar-refractivity contribution in [3.05, 3.63) is 54.6 Å². The molecule has 0 saturated carbocycles. The van der Waals surface area contributed by atoms with Gasteiger partial charge in [-0.15, -0.1) is 10.2 Å². The lowest BCUT2D eigenvalue weighted by Gasteiger charge is -1.99. The standard InChI is InChI=1S/C20H21N5O/c1-2-3-9-18(23-21)14-22-17-12-10-16(11-13-17)20-25-24-19(26-20)15-7-5-4-6-8-15/h4-8,10-14H,2-3,9,21H2,1H3/b22-14?,23-18-. The molecule has 0 fully saturated rings. The Bertz CT molecular complexity index is 882. The Balaban J connectivity index is 1.71. The van der Waals surface area contributed by atoms with E-state index in [2.05, 4.69) is 27.2 Å². The molecule has 0 radical (unpaired) electrons. The Hall–Kier alpha value is -3.28. The molecular weight excluding hydrogens is 326 g/mol. The van der Waals surface area contributed by atoms with E-state index < -0.39 is 0 Å². The van der Waals surface area contributed by atoms with Crippen molar-refractivity contribution in [3.8, 4) is 22.9 Å². The molecule has 3 aromatic rings. The maximum absolute atomic E-state index is 5.76. The first kappa shape index (κ1) is 17.5. The zero-order valence-electron chi connectivity index (χ0n) is 14.7. The van der Waals surface area contributed by atoms with E-state index in [1.165, 1.54) is 0 Å². The van der Waals surface area contributed by atoms with Gasteiger partial charge in [0.1, 0.15) is 0 Å². The van der Waals surface area contributed by atoms with Gasteiger partial charge in [0.25, 0.3) is 0 Å². The number of rotatable bonds is 7. The van der Waals surface area contributed by atoms with Crippen molar-refractivity contribution in [2.24, 2.45) is 15.9 Å². The van der Waals surface area contributed by atoms with Gasteiger partial charge >= 0.3 is 0 Å². The van der Waals surface area contributed by atoms with E-state index in [4.69, 9.17) is 10.3 Å². The molecule has 0 aliphatic heterocycles. The van der Waals surface area contributed by atoms with Crippen LogP contribution < -0.4 is 5.84 Å². The van der Waals surface area contributed by atoms with Crippen LogP contribution in [0.15, 0.2) is 69.1 Å². The van der Waals surface area contributed by atoms with Crippen molar-refractivity contribution in [2.45, 2.75) is 26.2 Å². The SMILES string of the molecule is CCCC/C(C=Nc1ccc(-c2nnc(-c3ccccc3)o2)cc1)=N/N. The van der Waals surface area contributed by atoms with E-state index in [9.17, 15) is 0 Å². The Morgan fingerprint density at radius 2 is 1.65 bits per heavy atom. The summed E-state index contributed by atoms with van der Waals surface area (Å²) in [6.45, 7) is 2.13. The molecular formula is C20H21N5O. The minimum atomic E-state index is 0.478. The third kappa shape index (κ3) is 4.42. The van der Waals surface area contributed by atoms with Crippen LogP contribution in [0.3, 0.4) is 0 Å². The highest BCUT2D eigenvalue weighted by Gasteiger charge is 2.09. The van der Waals surface area contributed by atoms with Gasteiger partial charge < -0.3 is 10.3 Å². The highest BCUT2D eigenvalue weighted by molar-refractivity contribution is 6.30. The number of nitrogens with two attached hydrogens (primary N) is 1. The molecule has 0 spiro atoms. The predicted molar refractivity (Wildman–Crippen MR) is 104 cm³/mol. The largest absolute Gasteiger partial charge is 0.416 e. The lowest BCUT2D eigenvalue weighted by molar-refractivity contribution is 0.584. The summed E-state index contributed by atoms with van der Waals surface area (Å²) in [5.74, 6) is 6.38. The van der Waals surface area contributed by atoms with E-state index in [-0.39, 0.29) is 0 Å². The molecule has 1 heterocycles. The van der Waals surface area contributed by atoms with Gasteiger partial charge in [-0.25, -0.2) is 0 Å². The average Bonchev–Trinajstić information content (AvgIpc) is 3.19. The summed E-state index contributed by atoms with van der Waals surface area (Å²) >= 11 is 0. The van der Waals surface area contributed by atoms with E-state index in [0.29, 0.717) is 11.8 Å². The van der Waals surface area contributed by atoms with Gasteiger partial charge in [0.15, 0.2) is 0 Å². The average molecular weight is 347 g/mol. The Labute approximate surface area is 152 Å². The topological polar surface area (TPSA) is 89.7 Å². The number of hydrogen-bond acceptors (Lipinski definition) is 6. The van der Waals surface area contributed by atoms with Crippen molar-refractivity contribution in [3.63, 3.8) is 0 Å². The van der Waals surface area contributed by atoms with Gasteiger partial charge in [-0.05, 0) is 49.2 Å². The fraction of sp³-hybridized carbons (Fsp3) is 0.200.